The Labute approximate surface area is 181 Å². The molecule has 3 rings (SSSR count). The third-order valence-corrected chi connectivity index (χ3v) is 8.22. The van der Waals surface area contributed by atoms with Crippen LogP contribution in [0.2, 0.25) is 0 Å². The zero-order chi connectivity index (χ0) is 22.1. The minimum absolute atomic E-state index is 0.0333. The molecule has 0 aromatic heterocycles. The second kappa shape index (κ2) is 9.25. The molecule has 5 heteroatoms. The molecule has 8 atom stereocenters. The van der Waals surface area contributed by atoms with Gasteiger partial charge in [-0.3, -0.25) is 0 Å². The van der Waals surface area contributed by atoms with Crippen LogP contribution >= 0.6 is 0 Å². The summed E-state index contributed by atoms with van der Waals surface area (Å²) in [5.74, 6) is 0.934. The average molecular weight is 421 g/mol. The van der Waals surface area contributed by atoms with Crippen LogP contribution in [0.15, 0.2) is 36.5 Å². The first-order valence-electron chi connectivity index (χ1n) is 11.4. The Morgan fingerprint density at radius 2 is 2.00 bits per heavy atom. The maximum absolute atomic E-state index is 10.2. The van der Waals surface area contributed by atoms with Crippen LogP contribution in [0.1, 0.15) is 59.3 Å². The molecule has 170 valence electrons. The lowest BCUT2D eigenvalue weighted by Gasteiger charge is -2.58. The highest BCUT2D eigenvalue weighted by Crippen LogP contribution is 2.62. The number of hydrogen-bond acceptors (Lipinski definition) is 5. The molecule has 3 fully saturated rings. The number of ether oxygens (including phenoxy) is 2. The second-order valence-corrected chi connectivity index (χ2v) is 10.2. The van der Waals surface area contributed by atoms with E-state index in [1.807, 2.05) is 6.08 Å². The second-order valence-electron chi connectivity index (χ2n) is 10.2. The fraction of sp³-hybridized carbons (Fsp3) is 0.760. The molecule has 30 heavy (non-hydrogen) atoms. The summed E-state index contributed by atoms with van der Waals surface area (Å²) in [5, 5.41) is 29.6. The van der Waals surface area contributed by atoms with E-state index >= 15 is 0 Å². The molecule has 0 amide bonds. The third kappa shape index (κ3) is 4.33. The van der Waals surface area contributed by atoms with Crippen LogP contribution in [0.3, 0.4) is 0 Å². The highest BCUT2D eigenvalue weighted by atomic mass is 16.7. The topological polar surface area (TPSA) is 79.2 Å². The third-order valence-electron chi connectivity index (χ3n) is 8.22. The van der Waals surface area contributed by atoms with E-state index in [4.69, 9.17) is 9.47 Å². The highest BCUT2D eigenvalue weighted by molar-refractivity contribution is 5.20. The fourth-order valence-electron chi connectivity index (χ4n) is 6.35. The van der Waals surface area contributed by atoms with Crippen LogP contribution in [0.5, 0.6) is 0 Å². The smallest absolute Gasteiger partial charge is 0.186 e. The maximum atomic E-state index is 10.2. The predicted molar refractivity (Wildman–Crippen MR) is 118 cm³/mol. The van der Waals surface area contributed by atoms with Crippen molar-refractivity contribution in [2.75, 3.05) is 13.2 Å². The van der Waals surface area contributed by atoms with Crippen molar-refractivity contribution in [1.29, 1.82) is 0 Å². The van der Waals surface area contributed by atoms with Crippen LogP contribution < -0.4 is 0 Å². The van der Waals surface area contributed by atoms with Gasteiger partial charge in [0.15, 0.2) is 6.29 Å². The summed E-state index contributed by atoms with van der Waals surface area (Å²) in [6.45, 7) is 15.3. The first kappa shape index (κ1) is 23.7. The van der Waals surface area contributed by atoms with Gasteiger partial charge in [-0.15, -0.1) is 0 Å². The van der Waals surface area contributed by atoms with E-state index in [2.05, 4.69) is 40.0 Å². The Morgan fingerprint density at radius 3 is 2.63 bits per heavy atom. The summed E-state index contributed by atoms with van der Waals surface area (Å²) in [4.78, 5) is 0. The zero-order valence-corrected chi connectivity index (χ0v) is 18.8. The minimum atomic E-state index is -1.13. The van der Waals surface area contributed by atoms with Crippen molar-refractivity contribution in [2.24, 2.45) is 22.7 Å². The molecular weight excluding hydrogens is 380 g/mol. The van der Waals surface area contributed by atoms with E-state index < -0.39 is 24.6 Å². The van der Waals surface area contributed by atoms with E-state index in [1.54, 1.807) is 0 Å². The Hall–Kier alpha value is -0.980. The summed E-state index contributed by atoms with van der Waals surface area (Å²) < 4.78 is 11.6. The van der Waals surface area contributed by atoms with E-state index in [9.17, 15) is 15.3 Å². The fourth-order valence-corrected chi connectivity index (χ4v) is 6.35. The quantitative estimate of drug-likeness (QED) is 0.432. The summed E-state index contributed by atoms with van der Waals surface area (Å²) in [7, 11) is 0. The molecule has 1 heterocycles. The molecule has 1 unspecified atom stereocenters. The van der Waals surface area contributed by atoms with Gasteiger partial charge in [0.2, 0.25) is 0 Å². The van der Waals surface area contributed by atoms with Crippen LogP contribution in [0, 0.1) is 22.7 Å². The van der Waals surface area contributed by atoms with Crippen molar-refractivity contribution >= 4 is 0 Å². The molecule has 0 spiro atoms. The molecule has 0 aromatic rings. The lowest BCUT2D eigenvalue weighted by molar-refractivity contribution is -0.201. The molecule has 1 saturated heterocycles. The van der Waals surface area contributed by atoms with Gasteiger partial charge in [0.1, 0.15) is 18.3 Å². The number of allylic oxidation sites excluding steroid dienone is 4. The number of hydrogen-bond donors (Lipinski definition) is 3. The Balaban J connectivity index is 1.75. The SMILES string of the molecule is C=C/C(C)=C\C[C@@H]1C(=C)CCC2[C@@](C)(CO[C@@H]3O[C@@H](CO)[C@H](O)[C@H]3O)CCC[C@]21C. The van der Waals surface area contributed by atoms with Gasteiger partial charge in [-0.1, -0.05) is 56.7 Å². The molecule has 0 bridgehead atoms. The average Bonchev–Trinajstić information content (AvgIpc) is 2.99. The summed E-state index contributed by atoms with van der Waals surface area (Å²) in [6.07, 6.45) is 6.79. The van der Waals surface area contributed by atoms with Gasteiger partial charge in [-0.25, -0.2) is 0 Å². The van der Waals surface area contributed by atoms with Crippen LogP contribution in [-0.4, -0.2) is 53.1 Å². The molecule has 0 aromatic carbocycles. The van der Waals surface area contributed by atoms with Crippen molar-refractivity contribution in [3.63, 3.8) is 0 Å². The van der Waals surface area contributed by atoms with Crippen molar-refractivity contribution in [1.82, 2.24) is 0 Å². The van der Waals surface area contributed by atoms with Crippen molar-refractivity contribution in [3.8, 4) is 0 Å². The van der Waals surface area contributed by atoms with E-state index in [0.29, 0.717) is 18.4 Å². The Morgan fingerprint density at radius 1 is 1.27 bits per heavy atom. The molecule has 5 nitrogen and oxygen atoms in total. The van der Waals surface area contributed by atoms with Crippen molar-refractivity contribution in [2.45, 2.75) is 83.9 Å². The van der Waals surface area contributed by atoms with Gasteiger partial charge in [-0.2, -0.15) is 0 Å². The predicted octanol–water partition coefficient (Wildman–Crippen LogP) is 3.74. The minimum Gasteiger partial charge on any atom is -0.394 e. The highest BCUT2D eigenvalue weighted by Gasteiger charge is 2.55. The molecule has 1 aliphatic heterocycles. The number of fused-ring (bicyclic) bond motifs is 1. The van der Waals surface area contributed by atoms with Gasteiger partial charge in [0.25, 0.3) is 0 Å². The first-order chi connectivity index (χ1) is 14.2. The van der Waals surface area contributed by atoms with Crippen molar-refractivity contribution in [3.05, 3.63) is 36.5 Å². The van der Waals surface area contributed by atoms with E-state index in [1.165, 1.54) is 17.6 Å². The summed E-state index contributed by atoms with van der Waals surface area (Å²) >= 11 is 0. The van der Waals surface area contributed by atoms with Gasteiger partial charge < -0.3 is 24.8 Å². The van der Waals surface area contributed by atoms with Crippen LogP contribution in [0.25, 0.3) is 0 Å². The maximum Gasteiger partial charge on any atom is 0.186 e. The largest absolute Gasteiger partial charge is 0.394 e. The molecule has 2 saturated carbocycles. The van der Waals surface area contributed by atoms with Crippen LogP contribution in [0.4, 0.5) is 0 Å². The van der Waals surface area contributed by atoms with E-state index in [0.717, 1.165) is 32.1 Å². The number of aliphatic hydroxyl groups excluding tert-OH is 3. The van der Waals surface area contributed by atoms with E-state index in [-0.39, 0.29) is 17.4 Å². The lowest BCUT2D eigenvalue weighted by Crippen LogP contribution is -2.52. The van der Waals surface area contributed by atoms with Gasteiger partial charge in [0.05, 0.1) is 13.2 Å². The van der Waals surface area contributed by atoms with Crippen molar-refractivity contribution < 1.29 is 24.8 Å². The molecular formula is C25H40O5. The van der Waals surface area contributed by atoms with Gasteiger partial charge in [0, 0.05) is 0 Å². The first-order valence-corrected chi connectivity index (χ1v) is 11.4. The molecule has 2 aliphatic carbocycles. The zero-order valence-electron chi connectivity index (χ0n) is 18.8. The molecule has 3 aliphatic rings. The Kier molecular flexibility index (Phi) is 7.30. The number of rotatable bonds is 7. The van der Waals surface area contributed by atoms with Gasteiger partial charge >= 0.3 is 0 Å². The standard InChI is InChI=1S/C25H40O5/c1-6-16(2)8-10-18-17(3)9-11-20-24(4,12-7-13-25(18,20)5)15-29-23-22(28)21(27)19(14-26)30-23/h6,8,18-23,26-28H,1,3,7,9-15H2,2,4-5H3/b16-8-/t18-,19+,20?,21+,22-,23-,24-,25+/m1/s1. The monoisotopic (exact) mass is 420 g/mol. The normalized spacial score (nSPS) is 44.7. The Bertz CT molecular complexity index is 672. The summed E-state index contributed by atoms with van der Waals surface area (Å²) in [5.41, 5.74) is 2.69. The lowest BCUT2D eigenvalue weighted by atomic mass is 9.47. The molecule has 3 N–H and O–H groups in total. The molecule has 0 radical (unpaired) electrons. The summed E-state index contributed by atoms with van der Waals surface area (Å²) in [6, 6.07) is 0. The van der Waals surface area contributed by atoms with Crippen LogP contribution in [-0.2, 0) is 9.47 Å². The number of aliphatic hydroxyl groups is 3. The van der Waals surface area contributed by atoms with Gasteiger partial charge in [-0.05, 0) is 61.7 Å².